The van der Waals surface area contributed by atoms with Crippen LogP contribution in [0.1, 0.15) is 85.4 Å². The van der Waals surface area contributed by atoms with Crippen molar-refractivity contribution in [1.82, 2.24) is 0 Å². The van der Waals surface area contributed by atoms with E-state index < -0.39 is 5.97 Å². The number of hydrogen-bond acceptors (Lipinski definition) is 3. The Labute approximate surface area is 138 Å². The molecule has 0 heterocycles. The van der Waals surface area contributed by atoms with Gasteiger partial charge in [-0.1, -0.05) is 51.9 Å². The van der Waals surface area contributed by atoms with Crippen molar-refractivity contribution in [2.75, 3.05) is 7.11 Å². The summed E-state index contributed by atoms with van der Waals surface area (Å²) >= 11 is 0. The molecule has 0 aliphatic carbocycles. The lowest BCUT2D eigenvalue weighted by Crippen LogP contribution is -2.09. The average Bonchev–Trinajstić information content (AvgIpc) is 2.56. The summed E-state index contributed by atoms with van der Waals surface area (Å²) in [6, 6.07) is 4.52. The number of aromatic carboxylic acids is 1. The first kappa shape index (κ1) is 19.2. The molecule has 23 heavy (non-hydrogen) atoms. The summed E-state index contributed by atoms with van der Waals surface area (Å²) in [7, 11) is 1.50. The van der Waals surface area contributed by atoms with Gasteiger partial charge in [0, 0.05) is 12.0 Å². The number of rotatable bonds is 12. The van der Waals surface area contributed by atoms with Gasteiger partial charge in [-0.2, -0.15) is 0 Å². The van der Waals surface area contributed by atoms with Crippen molar-refractivity contribution in [2.45, 2.75) is 64.7 Å². The van der Waals surface area contributed by atoms with Crippen LogP contribution in [0.3, 0.4) is 0 Å². The molecule has 128 valence electrons. The van der Waals surface area contributed by atoms with Gasteiger partial charge in [0.25, 0.3) is 0 Å². The van der Waals surface area contributed by atoms with Crippen molar-refractivity contribution in [1.29, 1.82) is 0 Å². The number of carbonyl (C=O) groups is 2. The molecule has 0 aliphatic rings. The molecule has 1 aromatic carbocycles. The van der Waals surface area contributed by atoms with E-state index in [1.165, 1.54) is 51.3 Å². The molecule has 0 aliphatic heterocycles. The SMILES string of the molecule is CCCCCCCCCCC(=O)c1cc(OC)ccc1C(=O)O. The highest BCUT2D eigenvalue weighted by Crippen LogP contribution is 2.20. The Morgan fingerprint density at radius 1 is 0.957 bits per heavy atom. The van der Waals surface area contributed by atoms with E-state index in [-0.39, 0.29) is 16.9 Å². The molecule has 1 N–H and O–H groups in total. The Morgan fingerprint density at radius 2 is 1.57 bits per heavy atom. The maximum Gasteiger partial charge on any atom is 0.336 e. The second kappa shape index (κ2) is 10.8. The fraction of sp³-hybridized carbons (Fsp3) is 0.579. The van der Waals surface area contributed by atoms with Crippen LogP contribution in [0, 0.1) is 0 Å². The summed E-state index contributed by atoms with van der Waals surface area (Å²) < 4.78 is 5.08. The average molecular weight is 320 g/mol. The number of ketones is 1. The largest absolute Gasteiger partial charge is 0.497 e. The van der Waals surface area contributed by atoms with Gasteiger partial charge in [-0.05, 0) is 24.6 Å². The number of Topliss-reactive ketones (excluding diaryl/α,β-unsaturated/α-hetero) is 1. The molecule has 1 aromatic rings. The molecule has 0 saturated carbocycles. The minimum atomic E-state index is -1.08. The van der Waals surface area contributed by atoms with Gasteiger partial charge >= 0.3 is 5.97 Å². The highest BCUT2D eigenvalue weighted by molar-refractivity contribution is 6.06. The van der Waals surface area contributed by atoms with Gasteiger partial charge < -0.3 is 9.84 Å². The third-order valence-electron chi connectivity index (χ3n) is 4.01. The Morgan fingerprint density at radius 3 is 2.13 bits per heavy atom. The molecule has 0 spiro atoms. The number of carboxylic acid groups (broad SMARTS) is 1. The van der Waals surface area contributed by atoms with Crippen molar-refractivity contribution in [3.05, 3.63) is 29.3 Å². The quantitative estimate of drug-likeness (QED) is 0.429. The summed E-state index contributed by atoms with van der Waals surface area (Å²) in [5, 5.41) is 9.20. The second-order valence-corrected chi connectivity index (χ2v) is 5.86. The van der Waals surface area contributed by atoms with E-state index in [1.807, 2.05) is 0 Å². The summed E-state index contributed by atoms with van der Waals surface area (Å²) in [5.41, 5.74) is 0.301. The Bertz CT molecular complexity index is 508. The topological polar surface area (TPSA) is 63.6 Å². The number of benzene rings is 1. The molecule has 0 unspecified atom stereocenters. The Kier molecular flexibility index (Phi) is 9.03. The third-order valence-corrected chi connectivity index (χ3v) is 4.01. The maximum atomic E-state index is 12.3. The lowest BCUT2D eigenvalue weighted by molar-refractivity contribution is 0.0691. The second-order valence-electron chi connectivity index (χ2n) is 5.86. The van der Waals surface area contributed by atoms with E-state index in [0.29, 0.717) is 12.2 Å². The van der Waals surface area contributed by atoms with Crippen LogP contribution < -0.4 is 4.74 Å². The molecule has 0 bridgehead atoms. The van der Waals surface area contributed by atoms with Gasteiger partial charge in [0.05, 0.1) is 12.7 Å². The van der Waals surface area contributed by atoms with E-state index in [2.05, 4.69) is 6.92 Å². The van der Waals surface area contributed by atoms with Crippen molar-refractivity contribution in [3.8, 4) is 5.75 Å². The molecular formula is C19H28O4. The molecular weight excluding hydrogens is 292 g/mol. The number of methoxy groups -OCH3 is 1. The van der Waals surface area contributed by atoms with E-state index in [9.17, 15) is 14.7 Å². The molecule has 0 saturated heterocycles. The van der Waals surface area contributed by atoms with Gasteiger partial charge in [0.2, 0.25) is 0 Å². The van der Waals surface area contributed by atoms with E-state index in [0.717, 1.165) is 19.3 Å². The first-order valence-electron chi connectivity index (χ1n) is 8.54. The fourth-order valence-corrected chi connectivity index (χ4v) is 2.62. The predicted molar refractivity (Wildman–Crippen MR) is 91.5 cm³/mol. The first-order valence-corrected chi connectivity index (χ1v) is 8.54. The van der Waals surface area contributed by atoms with E-state index >= 15 is 0 Å². The molecule has 4 heteroatoms. The standard InChI is InChI=1S/C19H28O4/c1-3-4-5-6-7-8-9-10-11-18(20)17-14-15(23-2)12-13-16(17)19(21)22/h12-14H,3-11H2,1-2H3,(H,21,22). The van der Waals surface area contributed by atoms with Crippen LogP contribution in [0.5, 0.6) is 5.75 Å². The summed E-state index contributed by atoms with van der Waals surface area (Å²) in [5.74, 6) is -0.687. The molecule has 0 atom stereocenters. The molecule has 1 rings (SSSR count). The van der Waals surface area contributed by atoms with Gasteiger partial charge in [-0.3, -0.25) is 4.79 Å². The Balaban J connectivity index is 2.44. The van der Waals surface area contributed by atoms with Crippen LogP contribution in [-0.2, 0) is 0 Å². The summed E-state index contributed by atoms with van der Waals surface area (Å²) in [6.45, 7) is 2.20. The van der Waals surface area contributed by atoms with Gasteiger partial charge in [0.15, 0.2) is 5.78 Å². The van der Waals surface area contributed by atoms with Crippen LogP contribution in [-0.4, -0.2) is 24.0 Å². The van der Waals surface area contributed by atoms with Crippen molar-refractivity contribution >= 4 is 11.8 Å². The van der Waals surface area contributed by atoms with Gasteiger partial charge in [0.1, 0.15) is 5.75 Å². The smallest absolute Gasteiger partial charge is 0.336 e. The first-order chi connectivity index (χ1) is 11.1. The zero-order valence-electron chi connectivity index (χ0n) is 14.3. The van der Waals surface area contributed by atoms with Crippen LogP contribution >= 0.6 is 0 Å². The molecule has 0 radical (unpaired) electrons. The molecule has 0 amide bonds. The Hall–Kier alpha value is -1.84. The lowest BCUT2D eigenvalue weighted by Gasteiger charge is -2.08. The monoisotopic (exact) mass is 320 g/mol. The predicted octanol–water partition coefficient (Wildman–Crippen LogP) is 5.11. The molecule has 4 nitrogen and oxygen atoms in total. The zero-order chi connectivity index (χ0) is 17.1. The number of carboxylic acids is 1. The van der Waals surface area contributed by atoms with E-state index in [4.69, 9.17) is 4.74 Å². The van der Waals surface area contributed by atoms with Gasteiger partial charge in [-0.25, -0.2) is 4.79 Å². The zero-order valence-corrected chi connectivity index (χ0v) is 14.3. The van der Waals surface area contributed by atoms with Crippen molar-refractivity contribution in [3.63, 3.8) is 0 Å². The molecule has 0 aromatic heterocycles. The van der Waals surface area contributed by atoms with Crippen LogP contribution in [0.2, 0.25) is 0 Å². The van der Waals surface area contributed by atoms with Gasteiger partial charge in [-0.15, -0.1) is 0 Å². The van der Waals surface area contributed by atoms with Crippen molar-refractivity contribution < 1.29 is 19.4 Å². The molecule has 0 fully saturated rings. The highest BCUT2D eigenvalue weighted by Gasteiger charge is 2.17. The van der Waals surface area contributed by atoms with Crippen LogP contribution in [0.4, 0.5) is 0 Å². The van der Waals surface area contributed by atoms with E-state index in [1.54, 1.807) is 6.07 Å². The number of carbonyl (C=O) groups excluding carboxylic acids is 1. The summed E-state index contributed by atoms with van der Waals surface area (Å²) in [6.07, 6.45) is 9.68. The van der Waals surface area contributed by atoms with Crippen molar-refractivity contribution in [2.24, 2.45) is 0 Å². The fourth-order valence-electron chi connectivity index (χ4n) is 2.62. The van der Waals surface area contributed by atoms with Crippen LogP contribution in [0.25, 0.3) is 0 Å². The number of ether oxygens (including phenoxy) is 1. The number of unbranched alkanes of at least 4 members (excludes halogenated alkanes) is 7. The van der Waals surface area contributed by atoms with Crippen LogP contribution in [0.15, 0.2) is 18.2 Å². The normalized spacial score (nSPS) is 10.5. The summed E-state index contributed by atoms with van der Waals surface area (Å²) in [4.78, 5) is 23.5. The minimum Gasteiger partial charge on any atom is -0.497 e. The maximum absolute atomic E-state index is 12.3. The minimum absolute atomic E-state index is 0.0513. The third kappa shape index (κ3) is 6.85. The lowest BCUT2D eigenvalue weighted by atomic mass is 9.98. The highest BCUT2D eigenvalue weighted by atomic mass is 16.5. The number of hydrogen-bond donors (Lipinski definition) is 1.